The highest BCUT2D eigenvalue weighted by Crippen LogP contribution is 2.28. The number of nitrogens with one attached hydrogen (secondary N) is 1. The number of sulfonamides is 1. The van der Waals surface area contributed by atoms with E-state index in [1.807, 2.05) is 102 Å². The molecule has 7 nitrogen and oxygen atoms in total. The summed E-state index contributed by atoms with van der Waals surface area (Å²) in [5, 5.41) is 3.45. The summed E-state index contributed by atoms with van der Waals surface area (Å²) in [7, 11) is -4.22. The Bertz CT molecular complexity index is 1790. The number of benzene rings is 4. The van der Waals surface area contributed by atoms with Crippen molar-refractivity contribution in [2.75, 3.05) is 10.8 Å². The smallest absolute Gasteiger partial charge is 0.264 e. The minimum atomic E-state index is -4.22. The van der Waals surface area contributed by atoms with Crippen LogP contribution in [0.2, 0.25) is 5.02 Å². The molecule has 0 spiro atoms. The van der Waals surface area contributed by atoms with Gasteiger partial charge in [0.05, 0.1) is 10.6 Å². The summed E-state index contributed by atoms with van der Waals surface area (Å²) in [6.07, 6.45) is 0.244. The lowest BCUT2D eigenvalue weighted by atomic mass is 10.00. The molecule has 1 N–H and O–H groups in total. The van der Waals surface area contributed by atoms with Gasteiger partial charge in [-0.3, -0.25) is 13.9 Å². The minimum Gasteiger partial charge on any atom is -0.350 e. The summed E-state index contributed by atoms with van der Waals surface area (Å²) in [5.41, 5.74) is 4.34. The zero-order chi connectivity index (χ0) is 33.6. The highest BCUT2D eigenvalue weighted by atomic mass is 35.5. The highest BCUT2D eigenvalue weighted by Gasteiger charge is 2.36. The summed E-state index contributed by atoms with van der Waals surface area (Å²) in [6.45, 7) is 11.0. The Morgan fingerprint density at radius 2 is 1.43 bits per heavy atom. The molecule has 0 radical (unpaired) electrons. The van der Waals surface area contributed by atoms with Crippen molar-refractivity contribution in [2.24, 2.45) is 0 Å². The van der Waals surface area contributed by atoms with Crippen LogP contribution in [0.3, 0.4) is 0 Å². The summed E-state index contributed by atoms with van der Waals surface area (Å²) in [5.74, 6) is -0.833. The Labute approximate surface area is 278 Å². The van der Waals surface area contributed by atoms with Gasteiger partial charge in [0.2, 0.25) is 11.8 Å². The predicted molar refractivity (Wildman–Crippen MR) is 185 cm³/mol. The van der Waals surface area contributed by atoms with E-state index in [0.29, 0.717) is 10.7 Å². The van der Waals surface area contributed by atoms with Crippen molar-refractivity contribution in [3.8, 4) is 0 Å². The van der Waals surface area contributed by atoms with Crippen LogP contribution in [0.4, 0.5) is 5.69 Å². The van der Waals surface area contributed by atoms with Crippen molar-refractivity contribution in [3.63, 3.8) is 0 Å². The monoisotopic (exact) mass is 659 g/mol. The molecule has 0 bridgehead atoms. The van der Waals surface area contributed by atoms with E-state index in [4.69, 9.17) is 11.6 Å². The van der Waals surface area contributed by atoms with Crippen molar-refractivity contribution < 1.29 is 18.0 Å². The van der Waals surface area contributed by atoms with Crippen LogP contribution in [0.1, 0.15) is 48.6 Å². The van der Waals surface area contributed by atoms with E-state index >= 15 is 0 Å². The van der Waals surface area contributed by atoms with Crippen LogP contribution in [0.25, 0.3) is 0 Å². The Hall–Kier alpha value is -4.14. The molecule has 0 aromatic heterocycles. The lowest BCUT2D eigenvalue weighted by Gasteiger charge is -2.35. The Morgan fingerprint density at radius 3 is 2.04 bits per heavy atom. The van der Waals surface area contributed by atoms with Crippen LogP contribution >= 0.6 is 11.6 Å². The Morgan fingerprint density at radius 1 is 0.804 bits per heavy atom. The second-order valence-electron chi connectivity index (χ2n) is 12.6. The average Bonchev–Trinajstić information content (AvgIpc) is 2.99. The topological polar surface area (TPSA) is 86.8 Å². The van der Waals surface area contributed by atoms with Crippen molar-refractivity contribution in [1.29, 1.82) is 0 Å². The predicted octanol–water partition coefficient (Wildman–Crippen LogP) is 7.02. The highest BCUT2D eigenvalue weighted by molar-refractivity contribution is 7.92. The van der Waals surface area contributed by atoms with E-state index in [1.165, 1.54) is 29.2 Å². The Balaban J connectivity index is 1.84. The molecule has 4 aromatic carbocycles. The van der Waals surface area contributed by atoms with Crippen LogP contribution in [0.15, 0.2) is 102 Å². The number of rotatable bonds is 11. The first-order valence-corrected chi connectivity index (χ1v) is 17.0. The second-order valence-corrected chi connectivity index (χ2v) is 14.9. The number of anilines is 1. The second kappa shape index (κ2) is 14.5. The zero-order valence-electron chi connectivity index (χ0n) is 27.2. The molecule has 0 fully saturated rings. The van der Waals surface area contributed by atoms with Crippen LogP contribution in [-0.2, 0) is 32.6 Å². The molecule has 9 heteroatoms. The van der Waals surface area contributed by atoms with Crippen LogP contribution in [0.5, 0.6) is 0 Å². The molecule has 4 rings (SSSR count). The number of carbonyl (C=O) groups excluding carboxylic acids is 2. The van der Waals surface area contributed by atoms with Gasteiger partial charge in [0, 0.05) is 23.5 Å². The van der Waals surface area contributed by atoms with Crippen molar-refractivity contribution in [2.45, 2.75) is 71.0 Å². The Kier molecular flexibility index (Phi) is 11.0. The fraction of sp³-hybridized carbons (Fsp3) is 0.297. The van der Waals surface area contributed by atoms with E-state index in [-0.39, 0.29) is 23.8 Å². The lowest BCUT2D eigenvalue weighted by molar-refractivity contribution is -0.140. The molecule has 1 atom stereocenters. The number of amides is 2. The molecule has 0 saturated heterocycles. The summed E-state index contributed by atoms with van der Waals surface area (Å²) >= 11 is 6.08. The van der Waals surface area contributed by atoms with Crippen molar-refractivity contribution in [1.82, 2.24) is 10.2 Å². The van der Waals surface area contributed by atoms with Gasteiger partial charge >= 0.3 is 0 Å². The first kappa shape index (κ1) is 34.7. The summed E-state index contributed by atoms with van der Waals surface area (Å²) in [6, 6.07) is 27.4. The van der Waals surface area contributed by atoms with E-state index < -0.39 is 34.1 Å². The maximum Gasteiger partial charge on any atom is 0.264 e. The van der Waals surface area contributed by atoms with Gasteiger partial charge in [0.1, 0.15) is 12.6 Å². The van der Waals surface area contributed by atoms with Gasteiger partial charge in [-0.05, 0) is 106 Å². The molecule has 0 saturated carbocycles. The number of halogens is 1. The van der Waals surface area contributed by atoms with Crippen LogP contribution in [-0.4, -0.2) is 43.3 Å². The third-order valence-corrected chi connectivity index (χ3v) is 9.87. The fourth-order valence-corrected chi connectivity index (χ4v) is 6.65. The zero-order valence-corrected chi connectivity index (χ0v) is 28.8. The van der Waals surface area contributed by atoms with Gasteiger partial charge in [-0.15, -0.1) is 0 Å². The third kappa shape index (κ3) is 8.77. The maximum atomic E-state index is 14.6. The van der Waals surface area contributed by atoms with E-state index in [9.17, 15) is 18.0 Å². The van der Waals surface area contributed by atoms with E-state index in [0.717, 1.165) is 32.1 Å². The number of aryl methyl sites for hydroxylation is 3. The molecule has 0 heterocycles. The average molecular weight is 660 g/mol. The van der Waals surface area contributed by atoms with Crippen molar-refractivity contribution in [3.05, 3.63) is 130 Å². The fourth-order valence-electron chi connectivity index (χ4n) is 5.12. The molecule has 242 valence electrons. The maximum absolute atomic E-state index is 14.6. The quantitative estimate of drug-likeness (QED) is 0.188. The number of carbonyl (C=O) groups is 2. The number of hydrogen-bond acceptors (Lipinski definition) is 4. The van der Waals surface area contributed by atoms with Gasteiger partial charge in [-0.2, -0.15) is 0 Å². The van der Waals surface area contributed by atoms with Crippen LogP contribution in [0, 0.1) is 20.8 Å². The largest absolute Gasteiger partial charge is 0.350 e. The molecule has 46 heavy (non-hydrogen) atoms. The lowest BCUT2D eigenvalue weighted by Crippen LogP contribution is -2.56. The molecule has 0 aliphatic rings. The summed E-state index contributed by atoms with van der Waals surface area (Å²) in [4.78, 5) is 30.2. The molecular formula is C37H42ClN3O4S. The molecule has 0 unspecified atom stereocenters. The molecule has 0 aliphatic heterocycles. The van der Waals surface area contributed by atoms with Gasteiger partial charge in [0.15, 0.2) is 0 Å². The van der Waals surface area contributed by atoms with Gasteiger partial charge < -0.3 is 10.2 Å². The van der Waals surface area contributed by atoms with Crippen LogP contribution < -0.4 is 9.62 Å². The van der Waals surface area contributed by atoms with Gasteiger partial charge in [-0.25, -0.2) is 8.42 Å². The minimum absolute atomic E-state index is 0.000284. The summed E-state index contributed by atoms with van der Waals surface area (Å²) < 4.78 is 29.6. The molecule has 2 amide bonds. The van der Waals surface area contributed by atoms with Gasteiger partial charge in [-0.1, -0.05) is 72.3 Å². The van der Waals surface area contributed by atoms with Crippen molar-refractivity contribution >= 4 is 39.1 Å². The third-order valence-electron chi connectivity index (χ3n) is 7.83. The van der Waals surface area contributed by atoms with E-state index in [2.05, 4.69) is 5.32 Å². The van der Waals surface area contributed by atoms with Gasteiger partial charge in [0.25, 0.3) is 10.0 Å². The number of hydrogen-bond donors (Lipinski definition) is 1. The van der Waals surface area contributed by atoms with E-state index in [1.54, 1.807) is 12.1 Å². The number of nitrogens with zero attached hydrogens (tertiary/aromatic N) is 2. The molecule has 0 aliphatic carbocycles. The molecule has 4 aromatic rings. The standard InChI is InChI=1S/C37H42ClN3O4S/c1-26-16-19-32(22-28(26)3)41(46(44,45)33-20-17-31(38)18-21-33)25-35(42)40(24-30-15-11-10-12-27(30)2)34(36(43)39-37(4,5)6)23-29-13-8-7-9-14-29/h7-22,34H,23-25H2,1-6H3,(H,39,43)/t34-/m0/s1. The SMILES string of the molecule is Cc1ccc(N(CC(=O)N(Cc2ccccc2C)[C@@H](Cc2ccccc2)C(=O)NC(C)(C)C)S(=O)(=O)c2ccc(Cl)cc2)cc1C. The first-order chi connectivity index (χ1) is 21.7. The molecular weight excluding hydrogens is 618 g/mol. The normalized spacial score (nSPS) is 12.3. The first-order valence-electron chi connectivity index (χ1n) is 15.2.